The molecule has 0 spiro atoms. The molecule has 1 aliphatic heterocycles. The molecule has 1 saturated heterocycles. The lowest BCUT2D eigenvalue weighted by Crippen LogP contribution is -2.49. The van der Waals surface area contributed by atoms with Crippen molar-refractivity contribution in [2.24, 2.45) is 0 Å². The van der Waals surface area contributed by atoms with Gasteiger partial charge in [0.15, 0.2) is 11.6 Å². The Hall–Kier alpha value is -2.57. The molecule has 138 valence electrons. The predicted molar refractivity (Wildman–Crippen MR) is 96.4 cm³/mol. The van der Waals surface area contributed by atoms with Crippen molar-refractivity contribution in [3.05, 3.63) is 36.3 Å². The van der Waals surface area contributed by atoms with Gasteiger partial charge in [-0.2, -0.15) is 0 Å². The molecule has 1 saturated carbocycles. The third kappa shape index (κ3) is 3.81. The zero-order valence-corrected chi connectivity index (χ0v) is 14.8. The Morgan fingerprint density at radius 2 is 1.85 bits per heavy atom. The van der Waals surface area contributed by atoms with E-state index in [1.54, 1.807) is 12.1 Å². The molecule has 1 amide bonds. The number of carbonyl (C=O) groups excluding carboxylic acids is 1. The number of hydrogen-bond acceptors (Lipinski definition) is 6. The fraction of sp³-hybridized carbons (Fsp3) is 0.526. The summed E-state index contributed by atoms with van der Waals surface area (Å²) in [5, 5.41) is 8.55. The van der Waals surface area contributed by atoms with Crippen LogP contribution < -0.4 is 9.64 Å². The van der Waals surface area contributed by atoms with Crippen LogP contribution >= 0.6 is 0 Å². The second-order valence-corrected chi connectivity index (χ2v) is 6.86. The minimum Gasteiger partial charge on any atom is -0.473 e. The van der Waals surface area contributed by atoms with Gasteiger partial charge in [-0.25, -0.2) is 0 Å². The van der Waals surface area contributed by atoms with Gasteiger partial charge >= 0.3 is 0 Å². The van der Waals surface area contributed by atoms with E-state index < -0.39 is 0 Å². The number of anilines is 1. The molecule has 0 atom stereocenters. The van der Waals surface area contributed by atoms with Crippen molar-refractivity contribution in [1.29, 1.82) is 0 Å². The number of rotatable bonds is 4. The first-order valence-electron chi connectivity index (χ1n) is 9.38. The summed E-state index contributed by atoms with van der Waals surface area (Å²) in [6, 6.07) is 7.29. The molecule has 0 radical (unpaired) electrons. The van der Waals surface area contributed by atoms with E-state index in [0.717, 1.165) is 31.7 Å². The molecule has 2 fully saturated rings. The maximum absolute atomic E-state index is 12.3. The standard InChI is InChI=1S/C19H24N4O3/c24-19(16-7-4-14-25-16)23-12-10-22(11-13-23)17-8-9-18(21-20-17)26-15-5-2-1-3-6-15/h4,7-9,14-15H,1-3,5-6,10-13H2. The van der Waals surface area contributed by atoms with E-state index in [-0.39, 0.29) is 12.0 Å². The van der Waals surface area contributed by atoms with Crippen molar-refractivity contribution in [2.75, 3.05) is 31.1 Å². The Morgan fingerprint density at radius 1 is 1.04 bits per heavy atom. The maximum atomic E-state index is 12.3. The second-order valence-electron chi connectivity index (χ2n) is 6.86. The van der Waals surface area contributed by atoms with Gasteiger partial charge in [0, 0.05) is 32.2 Å². The monoisotopic (exact) mass is 356 g/mol. The van der Waals surface area contributed by atoms with Crippen LogP contribution in [0.4, 0.5) is 5.82 Å². The fourth-order valence-electron chi connectivity index (χ4n) is 3.59. The minimum atomic E-state index is -0.0584. The molecule has 2 aromatic rings. The number of aromatic nitrogens is 2. The van der Waals surface area contributed by atoms with Crippen LogP contribution in [-0.4, -0.2) is 53.3 Å². The van der Waals surface area contributed by atoms with Crippen LogP contribution in [0.1, 0.15) is 42.7 Å². The molecule has 2 aromatic heterocycles. The molecule has 4 rings (SSSR count). The number of ether oxygens (including phenoxy) is 1. The second kappa shape index (κ2) is 7.76. The van der Waals surface area contributed by atoms with Crippen LogP contribution in [0.5, 0.6) is 5.88 Å². The van der Waals surface area contributed by atoms with E-state index in [0.29, 0.717) is 24.7 Å². The number of amides is 1. The van der Waals surface area contributed by atoms with Crippen molar-refractivity contribution >= 4 is 11.7 Å². The van der Waals surface area contributed by atoms with Crippen molar-refractivity contribution in [3.8, 4) is 5.88 Å². The van der Waals surface area contributed by atoms with Gasteiger partial charge < -0.3 is 19.0 Å². The lowest BCUT2D eigenvalue weighted by Gasteiger charge is -2.34. The SMILES string of the molecule is O=C(c1ccco1)N1CCN(c2ccc(OC3CCCCC3)nn2)CC1. The Balaban J connectivity index is 1.30. The van der Waals surface area contributed by atoms with Gasteiger partial charge in [-0.05, 0) is 43.9 Å². The highest BCUT2D eigenvalue weighted by molar-refractivity contribution is 5.91. The first-order chi connectivity index (χ1) is 12.8. The third-order valence-electron chi connectivity index (χ3n) is 5.09. The fourth-order valence-corrected chi connectivity index (χ4v) is 3.59. The highest BCUT2D eigenvalue weighted by atomic mass is 16.5. The smallest absolute Gasteiger partial charge is 0.289 e. The van der Waals surface area contributed by atoms with Crippen LogP contribution in [-0.2, 0) is 0 Å². The topological polar surface area (TPSA) is 71.7 Å². The molecule has 3 heterocycles. The summed E-state index contributed by atoms with van der Waals surface area (Å²) < 4.78 is 11.1. The van der Waals surface area contributed by atoms with Gasteiger partial charge in [-0.1, -0.05) is 6.42 Å². The normalized spacial score (nSPS) is 18.8. The zero-order valence-electron chi connectivity index (χ0n) is 14.8. The van der Waals surface area contributed by atoms with Crippen LogP contribution in [0.15, 0.2) is 34.9 Å². The first kappa shape index (κ1) is 16.9. The molecule has 0 N–H and O–H groups in total. The van der Waals surface area contributed by atoms with Crippen molar-refractivity contribution in [3.63, 3.8) is 0 Å². The van der Waals surface area contributed by atoms with Crippen molar-refractivity contribution in [2.45, 2.75) is 38.2 Å². The van der Waals surface area contributed by atoms with Crippen LogP contribution in [0, 0.1) is 0 Å². The van der Waals surface area contributed by atoms with Crippen LogP contribution in [0.2, 0.25) is 0 Å². The van der Waals surface area contributed by atoms with Crippen LogP contribution in [0.25, 0.3) is 0 Å². The van der Waals surface area contributed by atoms with E-state index in [1.165, 1.54) is 25.5 Å². The van der Waals surface area contributed by atoms with Gasteiger partial charge in [-0.3, -0.25) is 4.79 Å². The summed E-state index contributed by atoms with van der Waals surface area (Å²) in [6.07, 6.45) is 7.79. The van der Waals surface area contributed by atoms with Gasteiger partial charge in [-0.15, -0.1) is 10.2 Å². The largest absolute Gasteiger partial charge is 0.473 e. The van der Waals surface area contributed by atoms with Gasteiger partial charge in [0.1, 0.15) is 6.10 Å². The highest BCUT2D eigenvalue weighted by Gasteiger charge is 2.24. The third-order valence-corrected chi connectivity index (χ3v) is 5.09. The van der Waals surface area contributed by atoms with Gasteiger partial charge in [0.05, 0.1) is 6.26 Å². The first-order valence-corrected chi connectivity index (χ1v) is 9.38. The van der Waals surface area contributed by atoms with Gasteiger partial charge in [0.2, 0.25) is 5.88 Å². The molecular formula is C19H24N4O3. The number of hydrogen-bond donors (Lipinski definition) is 0. The number of piperazine rings is 1. The van der Waals surface area contributed by atoms with E-state index in [9.17, 15) is 4.79 Å². The summed E-state index contributed by atoms with van der Waals surface area (Å²) in [7, 11) is 0. The van der Waals surface area contributed by atoms with E-state index in [2.05, 4.69) is 15.1 Å². The summed E-state index contributed by atoms with van der Waals surface area (Å²) in [5.41, 5.74) is 0. The summed E-state index contributed by atoms with van der Waals surface area (Å²) >= 11 is 0. The molecular weight excluding hydrogens is 332 g/mol. The number of carbonyl (C=O) groups is 1. The van der Waals surface area contributed by atoms with Gasteiger partial charge in [0.25, 0.3) is 5.91 Å². The molecule has 0 unspecified atom stereocenters. The molecule has 7 nitrogen and oxygen atoms in total. The molecule has 26 heavy (non-hydrogen) atoms. The molecule has 7 heteroatoms. The Bertz CT molecular complexity index is 703. The Morgan fingerprint density at radius 3 is 2.50 bits per heavy atom. The van der Waals surface area contributed by atoms with Crippen molar-refractivity contribution < 1.29 is 13.9 Å². The average molecular weight is 356 g/mol. The molecule has 0 aromatic carbocycles. The number of furan rings is 1. The summed E-state index contributed by atoms with van der Waals surface area (Å²) in [6.45, 7) is 2.73. The summed E-state index contributed by atoms with van der Waals surface area (Å²) in [4.78, 5) is 16.3. The lowest BCUT2D eigenvalue weighted by atomic mass is 9.98. The number of nitrogens with zero attached hydrogens (tertiary/aromatic N) is 4. The zero-order chi connectivity index (χ0) is 17.8. The average Bonchev–Trinajstić information content (AvgIpc) is 3.24. The maximum Gasteiger partial charge on any atom is 0.289 e. The molecule has 2 aliphatic rings. The summed E-state index contributed by atoms with van der Waals surface area (Å²) in [5.74, 6) is 1.76. The van der Waals surface area contributed by atoms with E-state index >= 15 is 0 Å². The lowest BCUT2D eigenvalue weighted by molar-refractivity contribution is 0.0714. The Kier molecular flexibility index (Phi) is 5.04. The van der Waals surface area contributed by atoms with Crippen LogP contribution in [0.3, 0.4) is 0 Å². The Labute approximate surface area is 152 Å². The quantitative estimate of drug-likeness (QED) is 0.839. The van der Waals surface area contributed by atoms with E-state index in [4.69, 9.17) is 9.15 Å². The molecule has 0 bridgehead atoms. The minimum absolute atomic E-state index is 0.0584. The van der Waals surface area contributed by atoms with E-state index in [1.807, 2.05) is 17.0 Å². The molecule has 1 aliphatic carbocycles. The predicted octanol–water partition coefficient (Wildman–Crippen LogP) is 2.74. The highest BCUT2D eigenvalue weighted by Crippen LogP contribution is 2.23. The van der Waals surface area contributed by atoms with Crippen molar-refractivity contribution in [1.82, 2.24) is 15.1 Å².